The minimum atomic E-state index is -0.0409. The highest BCUT2D eigenvalue weighted by Gasteiger charge is 2.40. The molecule has 1 amide bonds. The first-order valence-electron chi connectivity index (χ1n) is 9.21. The lowest BCUT2D eigenvalue weighted by molar-refractivity contribution is -0.133. The van der Waals surface area contributed by atoms with Crippen LogP contribution < -0.4 is 0 Å². The zero-order valence-electron chi connectivity index (χ0n) is 15.4. The van der Waals surface area contributed by atoms with Crippen molar-refractivity contribution >= 4 is 5.91 Å². The van der Waals surface area contributed by atoms with E-state index in [0.29, 0.717) is 24.8 Å². The second kappa shape index (κ2) is 7.31. The van der Waals surface area contributed by atoms with Crippen LogP contribution in [0.25, 0.3) is 11.4 Å². The Morgan fingerprint density at radius 3 is 2.59 bits per heavy atom. The quantitative estimate of drug-likeness (QED) is 0.710. The highest BCUT2D eigenvalue weighted by Crippen LogP contribution is 2.39. The SMILES string of the molecule is CC(C)C(=O)N1C[C@@H](c2cccnc2)[C@H](c2nc(-c3ccccc3)no2)C1. The lowest BCUT2D eigenvalue weighted by atomic mass is 9.90. The molecule has 1 aliphatic heterocycles. The molecule has 0 radical (unpaired) electrons. The summed E-state index contributed by atoms with van der Waals surface area (Å²) >= 11 is 0. The number of likely N-dealkylation sites (tertiary alicyclic amines) is 1. The summed E-state index contributed by atoms with van der Waals surface area (Å²) in [6.07, 6.45) is 3.61. The van der Waals surface area contributed by atoms with Crippen molar-refractivity contribution < 1.29 is 9.32 Å². The summed E-state index contributed by atoms with van der Waals surface area (Å²) in [5.41, 5.74) is 2.00. The van der Waals surface area contributed by atoms with Gasteiger partial charge in [0.15, 0.2) is 0 Å². The topological polar surface area (TPSA) is 72.1 Å². The molecule has 0 bridgehead atoms. The predicted molar refractivity (Wildman–Crippen MR) is 101 cm³/mol. The van der Waals surface area contributed by atoms with Gasteiger partial charge in [0.05, 0.1) is 5.92 Å². The molecule has 138 valence electrons. The van der Waals surface area contributed by atoms with Crippen LogP contribution in [0.2, 0.25) is 0 Å². The zero-order valence-corrected chi connectivity index (χ0v) is 15.4. The van der Waals surface area contributed by atoms with E-state index in [9.17, 15) is 4.79 Å². The van der Waals surface area contributed by atoms with E-state index in [1.165, 1.54) is 0 Å². The Bertz CT molecular complexity index is 908. The third-order valence-corrected chi connectivity index (χ3v) is 5.03. The smallest absolute Gasteiger partial charge is 0.232 e. The number of pyridine rings is 1. The maximum absolute atomic E-state index is 12.6. The highest BCUT2D eigenvalue weighted by molar-refractivity contribution is 5.78. The fourth-order valence-electron chi connectivity index (χ4n) is 3.62. The number of carbonyl (C=O) groups is 1. The van der Waals surface area contributed by atoms with Crippen molar-refractivity contribution in [2.45, 2.75) is 25.7 Å². The van der Waals surface area contributed by atoms with Gasteiger partial charge < -0.3 is 9.42 Å². The molecule has 1 aliphatic rings. The second-order valence-electron chi connectivity index (χ2n) is 7.22. The van der Waals surface area contributed by atoms with Crippen LogP contribution in [0.15, 0.2) is 59.4 Å². The van der Waals surface area contributed by atoms with Crippen molar-refractivity contribution in [3.05, 3.63) is 66.3 Å². The molecule has 0 aliphatic carbocycles. The first kappa shape index (κ1) is 17.4. The van der Waals surface area contributed by atoms with Crippen LogP contribution in [-0.2, 0) is 4.79 Å². The first-order valence-corrected chi connectivity index (χ1v) is 9.21. The number of carbonyl (C=O) groups excluding carboxylic acids is 1. The van der Waals surface area contributed by atoms with Crippen molar-refractivity contribution in [3.8, 4) is 11.4 Å². The fraction of sp³-hybridized carbons (Fsp3) is 0.333. The lowest BCUT2D eigenvalue weighted by Gasteiger charge is -2.18. The van der Waals surface area contributed by atoms with Gasteiger partial charge in [-0.2, -0.15) is 4.98 Å². The Labute approximate surface area is 158 Å². The zero-order chi connectivity index (χ0) is 18.8. The molecule has 1 saturated heterocycles. The van der Waals surface area contributed by atoms with Crippen molar-refractivity contribution in [1.29, 1.82) is 0 Å². The summed E-state index contributed by atoms with van der Waals surface area (Å²) in [6.45, 7) is 5.06. The van der Waals surface area contributed by atoms with Gasteiger partial charge >= 0.3 is 0 Å². The summed E-state index contributed by atoms with van der Waals surface area (Å²) in [7, 11) is 0. The molecule has 0 saturated carbocycles. The number of benzene rings is 1. The van der Waals surface area contributed by atoms with Crippen LogP contribution in [-0.4, -0.2) is 39.0 Å². The Morgan fingerprint density at radius 1 is 1.11 bits per heavy atom. The van der Waals surface area contributed by atoms with Crippen LogP contribution >= 0.6 is 0 Å². The van der Waals surface area contributed by atoms with E-state index in [0.717, 1.165) is 11.1 Å². The van der Waals surface area contributed by atoms with E-state index in [4.69, 9.17) is 4.52 Å². The van der Waals surface area contributed by atoms with Crippen LogP contribution in [0, 0.1) is 5.92 Å². The van der Waals surface area contributed by atoms with E-state index in [1.807, 2.05) is 67.4 Å². The van der Waals surface area contributed by atoms with Crippen molar-refractivity contribution in [1.82, 2.24) is 20.0 Å². The number of hydrogen-bond acceptors (Lipinski definition) is 5. The Hall–Kier alpha value is -3.02. The third kappa shape index (κ3) is 3.47. The largest absolute Gasteiger partial charge is 0.341 e. The minimum Gasteiger partial charge on any atom is -0.341 e. The normalized spacial score (nSPS) is 19.6. The maximum atomic E-state index is 12.6. The molecule has 0 N–H and O–H groups in total. The molecule has 1 fully saturated rings. The second-order valence-corrected chi connectivity index (χ2v) is 7.22. The van der Waals surface area contributed by atoms with Gasteiger partial charge in [0.1, 0.15) is 0 Å². The number of amides is 1. The standard InChI is InChI=1S/C21H22N4O2/c1-14(2)21(26)25-12-17(16-9-6-10-22-11-16)18(13-25)20-23-19(24-27-20)15-7-4-3-5-8-15/h3-11,14,17-18H,12-13H2,1-2H3/t17-,18+/m0/s1. The fourth-order valence-corrected chi connectivity index (χ4v) is 3.62. The van der Waals surface area contributed by atoms with Gasteiger partial charge in [-0.3, -0.25) is 9.78 Å². The molecule has 1 aromatic carbocycles. The first-order chi connectivity index (χ1) is 13.1. The number of hydrogen-bond donors (Lipinski definition) is 0. The molecule has 2 aromatic heterocycles. The van der Waals surface area contributed by atoms with E-state index >= 15 is 0 Å². The Kier molecular flexibility index (Phi) is 4.71. The summed E-state index contributed by atoms with van der Waals surface area (Å²) in [5, 5.41) is 4.16. The number of rotatable bonds is 4. The monoisotopic (exact) mass is 362 g/mol. The highest BCUT2D eigenvalue weighted by atomic mass is 16.5. The molecule has 6 nitrogen and oxygen atoms in total. The van der Waals surface area contributed by atoms with Crippen LogP contribution in [0.4, 0.5) is 0 Å². The van der Waals surface area contributed by atoms with Gasteiger partial charge in [0.2, 0.25) is 17.6 Å². The number of aromatic nitrogens is 3. The van der Waals surface area contributed by atoms with Crippen LogP contribution in [0.1, 0.15) is 37.1 Å². The van der Waals surface area contributed by atoms with E-state index in [-0.39, 0.29) is 23.7 Å². The molecular formula is C21H22N4O2. The third-order valence-electron chi connectivity index (χ3n) is 5.03. The molecular weight excluding hydrogens is 340 g/mol. The van der Waals surface area contributed by atoms with Gasteiger partial charge in [-0.1, -0.05) is 55.4 Å². The Balaban J connectivity index is 1.66. The molecule has 4 rings (SSSR count). The van der Waals surface area contributed by atoms with E-state index in [1.54, 1.807) is 6.20 Å². The van der Waals surface area contributed by atoms with Crippen molar-refractivity contribution in [2.24, 2.45) is 5.92 Å². The van der Waals surface area contributed by atoms with Crippen LogP contribution in [0.5, 0.6) is 0 Å². The summed E-state index contributed by atoms with van der Waals surface area (Å²) in [4.78, 5) is 23.4. The van der Waals surface area contributed by atoms with E-state index < -0.39 is 0 Å². The molecule has 6 heteroatoms. The average molecular weight is 362 g/mol. The van der Waals surface area contributed by atoms with Crippen molar-refractivity contribution in [3.63, 3.8) is 0 Å². The summed E-state index contributed by atoms with van der Waals surface area (Å²) < 4.78 is 5.62. The van der Waals surface area contributed by atoms with Crippen molar-refractivity contribution in [2.75, 3.05) is 13.1 Å². The lowest BCUT2D eigenvalue weighted by Crippen LogP contribution is -2.32. The Morgan fingerprint density at radius 2 is 1.89 bits per heavy atom. The van der Waals surface area contributed by atoms with Gasteiger partial charge in [0.25, 0.3) is 0 Å². The molecule has 3 heterocycles. The van der Waals surface area contributed by atoms with Gasteiger partial charge in [0, 0.05) is 42.9 Å². The molecule has 3 aromatic rings. The molecule has 2 atom stereocenters. The van der Waals surface area contributed by atoms with Crippen LogP contribution in [0.3, 0.4) is 0 Å². The van der Waals surface area contributed by atoms with E-state index in [2.05, 4.69) is 15.1 Å². The number of nitrogens with zero attached hydrogens (tertiary/aromatic N) is 4. The maximum Gasteiger partial charge on any atom is 0.232 e. The van der Waals surface area contributed by atoms with Gasteiger partial charge in [-0.05, 0) is 11.6 Å². The summed E-state index contributed by atoms with van der Waals surface area (Å²) in [5.74, 6) is 1.30. The minimum absolute atomic E-state index is 0.0399. The van der Waals surface area contributed by atoms with Gasteiger partial charge in [-0.15, -0.1) is 0 Å². The molecule has 0 unspecified atom stereocenters. The molecule has 0 spiro atoms. The average Bonchev–Trinajstić information content (AvgIpc) is 3.36. The summed E-state index contributed by atoms with van der Waals surface area (Å²) in [6, 6.07) is 13.7. The predicted octanol–water partition coefficient (Wildman–Crippen LogP) is 3.50. The molecule has 27 heavy (non-hydrogen) atoms. The van der Waals surface area contributed by atoms with Gasteiger partial charge in [-0.25, -0.2) is 0 Å².